The van der Waals surface area contributed by atoms with Crippen molar-refractivity contribution < 1.29 is 4.79 Å². The van der Waals surface area contributed by atoms with E-state index in [1.54, 1.807) is 0 Å². The summed E-state index contributed by atoms with van der Waals surface area (Å²) in [7, 11) is 0. The van der Waals surface area contributed by atoms with Crippen molar-refractivity contribution in [3.05, 3.63) is 0 Å². The van der Waals surface area contributed by atoms with E-state index in [1.165, 1.54) is 0 Å². The molecule has 0 bridgehead atoms. The predicted octanol–water partition coefficient (Wildman–Crippen LogP) is 0.627. The zero-order valence-corrected chi connectivity index (χ0v) is 9.29. The second-order valence-corrected chi connectivity index (χ2v) is 4.83. The lowest BCUT2D eigenvalue weighted by Gasteiger charge is -2.33. The first-order valence-corrected chi connectivity index (χ1v) is 5.83. The van der Waals surface area contributed by atoms with E-state index in [0.29, 0.717) is 6.04 Å². The molecule has 1 rings (SSSR count). The van der Waals surface area contributed by atoms with Crippen LogP contribution in [0.3, 0.4) is 0 Å². The van der Waals surface area contributed by atoms with E-state index in [9.17, 15) is 4.79 Å². The summed E-state index contributed by atoms with van der Waals surface area (Å²) in [6.07, 6.45) is 0.213. The second kappa shape index (κ2) is 4.81. The molecule has 3 nitrogen and oxygen atoms in total. The monoisotopic (exact) mass is 218 g/mol. The Morgan fingerprint density at radius 1 is 1.77 bits per heavy atom. The maximum atomic E-state index is 11.6. The number of hydrogen-bond acceptors (Lipinski definition) is 3. The van der Waals surface area contributed by atoms with Gasteiger partial charge in [0.25, 0.3) is 0 Å². The maximum Gasteiger partial charge on any atom is 0.229 e. The number of nitrogens with zero attached hydrogens (tertiary/aromatic N) is 1. The third-order valence-electron chi connectivity index (χ3n) is 2.01. The van der Waals surface area contributed by atoms with Gasteiger partial charge in [-0.05, 0) is 6.92 Å². The van der Waals surface area contributed by atoms with Crippen LogP contribution < -0.4 is 5.73 Å². The second-order valence-electron chi connectivity index (χ2n) is 3.15. The van der Waals surface area contributed by atoms with Crippen molar-refractivity contribution in [2.45, 2.75) is 19.4 Å². The molecule has 1 fully saturated rings. The van der Waals surface area contributed by atoms with Crippen LogP contribution in [0.5, 0.6) is 0 Å². The molecule has 74 valence electrons. The molecule has 5 heteroatoms. The lowest BCUT2D eigenvalue weighted by Crippen LogP contribution is -2.45. The summed E-state index contributed by atoms with van der Waals surface area (Å²) < 4.78 is 0. The molecule has 0 aliphatic carbocycles. The van der Waals surface area contributed by atoms with Gasteiger partial charge in [-0.1, -0.05) is 12.2 Å². The number of nitrogens with two attached hydrogens (primary N) is 1. The van der Waals surface area contributed by atoms with Crippen molar-refractivity contribution in [1.82, 2.24) is 4.90 Å². The van der Waals surface area contributed by atoms with E-state index in [4.69, 9.17) is 18.0 Å². The molecular formula is C8H14N2OS2. The summed E-state index contributed by atoms with van der Waals surface area (Å²) in [5, 5.41) is 0. The van der Waals surface area contributed by atoms with Crippen LogP contribution in [0.15, 0.2) is 0 Å². The minimum atomic E-state index is 0.0697. The van der Waals surface area contributed by atoms with E-state index in [-0.39, 0.29) is 17.3 Å². The van der Waals surface area contributed by atoms with Gasteiger partial charge in [0.05, 0.1) is 11.4 Å². The van der Waals surface area contributed by atoms with Gasteiger partial charge in [0.1, 0.15) is 0 Å². The molecule has 1 heterocycles. The topological polar surface area (TPSA) is 46.3 Å². The molecule has 0 saturated carbocycles. The van der Waals surface area contributed by atoms with E-state index >= 15 is 0 Å². The SMILES string of the molecule is CC1CSCCN1C(=O)CC(N)=S. The van der Waals surface area contributed by atoms with Crippen LogP contribution in [0.1, 0.15) is 13.3 Å². The van der Waals surface area contributed by atoms with Crippen LogP contribution in [-0.2, 0) is 4.79 Å². The van der Waals surface area contributed by atoms with Gasteiger partial charge >= 0.3 is 0 Å². The van der Waals surface area contributed by atoms with Gasteiger partial charge in [0.15, 0.2) is 0 Å². The number of rotatable bonds is 2. The molecule has 0 spiro atoms. The Morgan fingerprint density at radius 2 is 2.46 bits per heavy atom. The predicted molar refractivity (Wildman–Crippen MR) is 59.9 cm³/mol. The molecule has 0 aromatic rings. The number of thiocarbonyl (C=S) groups is 1. The first kappa shape index (κ1) is 10.8. The zero-order valence-electron chi connectivity index (χ0n) is 7.66. The van der Waals surface area contributed by atoms with Crippen LogP contribution in [0.2, 0.25) is 0 Å². The fraction of sp³-hybridized carbons (Fsp3) is 0.750. The number of hydrogen-bond donors (Lipinski definition) is 1. The molecule has 0 aromatic heterocycles. The summed E-state index contributed by atoms with van der Waals surface area (Å²) in [6.45, 7) is 2.89. The molecule has 1 aliphatic heterocycles. The molecule has 1 amide bonds. The van der Waals surface area contributed by atoms with Crippen molar-refractivity contribution in [2.24, 2.45) is 5.73 Å². The number of thioether (sulfide) groups is 1. The maximum absolute atomic E-state index is 11.6. The van der Waals surface area contributed by atoms with Gasteiger partial charge in [-0.3, -0.25) is 4.79 Å². The van der Waals surface area contributed by atoms with E-state index in [2.05, 4.69) is 6.92 Å². The first-order chi connectivity index (χ1) is 6.11. The lowest BCUT2D eigenvalue weighted by molar-refractivity contribution is -0.131. The standard InChI is InChI=1S/C8H14N2OS2/c1-6-5-13-3-2-10(6)8(11)4-7(9)12/h6H,2-5H2,1H3,(H2,9,12). The van der Waals surface area contributed by atoms with Gasteiger partial charge in [0.2, 0.25) is 5.91 Å². The fourth-order valence-electron chi connectivity index (χ4n) is 1.35. The lowest BCUT2D eigenvalue weighted by atomic mass is 10.2. The number of carbonyl (C=O) groups excluding carboxylic acids is 1. The third-order valence-corrected chi connectivity index (χ3v) is 3.35. The molecule has 1 saturated heterocycles. The van der Waals surface area contributed by atoms with Gasteiger partial charge in [-0.2, -0.15) is 11.8 Å². The summed E-state index contributed by atoms with van der Waals surface area (Å²) in [6, 6.07) is 0.320. The molecule has 2 N–H and O–H groups in total. The van der Waals surface area contributed by atoms with Crippen molar-refractivity contribution >= 4 is 34.9 Å². The van der Waals surface area contributed by atoms with Crippen molar-refractivity contribution in [2.75, 3.05) is 18.1 Å². The van der Waals surface area contributed by atoms with Crippen LogP contribution in [-0.4, -0.2) is 39.9 Å². The number of carbonyl (C=O) groups is 1. The molecule has 1 atom stereocenters. The molecule has 1 aliphatic rings. The summed E-state index contributed by atoms with van der Waals surface area (Å²) >= 11 is 6.59. The highest BCUT2D eigenvalue weighted by Crippen LogP contribution is 2.16. The van der Waals surface area contributed by atoms with Gasteiger partial charge in [0, 0.05) is 24.1 Å². The van der Waals surface area contributed by atoms with Crippen molar-refractivity contribution in [3.63, 3.8) is 0 Å². The smallest absolute Gasteiger partial charge is 0.229 e. The highest BCUT2D eigenvalue weighted by Gasteiger charge is 2.23. The number of amides is 1. The molecule has 0 aromatic carbocycles. The Morgan fingerprint density at radius 3 is 3.00 bits per heavy atom. The highest BCUT2D eigenvalue weighted by molar-refractivity contribution is 7.99. The zero-order chi connectivity index (χ0) is 9.84. The largest absolute Gasteiger partial charge is 0.393 e. The Bertz CT molecular complexity index is 220. The molecule has 13 heavy (non-hydrogen) atoms. The van der Waals surface area contributed by atoms with Crippen LogP contribution >= 0.6 is 24.0 Å². The summed E-state index contributed by atoms with van der Waals surface area (Å²) in [4.78, 5) is 13.7. The van der Waals surface area contributed by atoms with Gasteiger partial charge < -0.3 is 10.6 Å². The average Bonchev–Trinajstić information content (AvgIpc) is 2.03. The molecule has 0 radical (unpaired) electrons. The minimum absolute atomic E-state index is 0.0697. The molecule has 1 unspecified atom stereocenters. The average molecular weight is 218 g/mol. The summed E-state index contributed by atoms with van der Waals surface area (Å²) in [5.41, 5.74) is 5.32. The minimum Gasteiger partial charge on any atom is -0.393 e. The highest BCUT2D eigenvalue weighted by atomic mass is 32.2. The van der Waals surface area contributed by atoms with E-state index in [1.807, 2.05) is 16.7 Å². The Kier molecular flexibility index (Phi) is 3.99. The third kappa shape index (κ3) is 3.15. The fourth-order valence-corrected chi connectivity index (χ4v) is 2.49. The molecular weight excluding hydrogens is 204 g/mol. The summed E-state index contributed by atoms with van der Waals surface area (Å²) in [5.74, 6) is 2.11. The van der Waals surface area contributed by atoms with Crippen molar-refractivity contribution in [3.8, 4) is 0 Å². The Balaban J connectivity index is 2.48. The van der Waals surface area contributed by atoms with Gasteiger partial charge in [-0.15, -0.1) is 0 Å². The van der Waals surface area contributed by atoms with Crippen LogP contribution in [0.25, 0.3) is 0 Å². The Labute approximate surface area is 88.0 Å². The Hall–Kier alpha value is -0.290. The van der Waals surface area contributed by atoms with Crippen LogP contribution in [0, 0.1) is 0 Å². The first-order valence-electron chi connectivity index (χ1n) is 4.27. The van der Waals surface area contributed by atoms with Gasteiger partial charge in [-0.25, -0.2) is 0 Å². The van der Waals surface area contributed by atoms with E-state index in [0.717, 1.165) is 18.1 Å². The van der Waals surface area contributed by atoms with Crippen molar-refractivity contribution in [1.29, 1.82) is 0 Å². The van der Waals surface area contributed by atoms with E-state index < -0.39 is 0 Å². The quantitative estimate of drug-likeness (QED) is 0.691. The normalized spacial score (nSPS) is 22.8. The van der Waals surface area contributed by atoms with Crippen LogP contribution in [0.4, 0.5) is 0 Å².